The molecule has 1 aromatic rings. The number of hydrogen-bond acceptors (Lipinski definition) is 3. The largest absolute Gasteiger partial charge is 0.308 e. The van der Waals surface area contributed by atoms with Crippen LogP contribution in [0.15, 0.2) is 6.20 Å². The predicted octanol–water partition coefficient (Wildman–Crippen LogP) is 0.703. The van der Waals surface area contributed by atoms with E-state index in [2.05, 4.69) is 22.4 Å². The van der Waals surface area contributed by atoms with Gasteiger partial charge in [-0.15, -0.1) is 0 Å². The van der Waals surface area contributed by atoms with Crippen molar-refractivity contribution in [2.75, 3.05) is 0 Å². The van der Waals surface area contributed by atoms with E-state index in [9.17, 15) is 0 Å². The quantitative estimate of drug-likeness (QED) is 0.744. The van der Waals surface area contributed by atoms with E-state index in [-0.39, 0.29) is 0 Å². The maximum atomic E-state index is 4.20. The Balaban J connectivity index is 1.74. The highest BCUT2D eigenvalue weighted by Crippen LogP contribution is 2.26. The maximum absolute atomic E-state index is 4.20. The van der Waals surface area contributed by atoms with Crippen molar-refractivity contribution in [3.8, 4) is 0 Å². The van der Waals surface area contributed by atoms with Gasteiger partial charge in [0.1, 0.15) is 0 Å². The molecule has 1 aromatic heterocycles. The fourth-order valence-electron chi connectivity index (χ4n) is 1.79. The van der Waals surface area contributed by atoms with Crippen LogP contribution in [0.2, 0.25) is 0 Å². The van der Waals surface area contributed by atoms with Crippen LogP contribution in [0.3, 0.4) is 0 Å². The Morgan fingerprint density at radius 2 is 2.38 bits per heavy atom. The van der Waals surface area contributed by atoms with Gasteiger partial charge in [-0.1, -0.05) is 6.92 Å². The Morgan fingerprint density at radius 3 is 2.92 bits per heavy atom. The smallest absolute Gasteiger partial charge is 0.0964 e. The first kappa shape index (κ1) is 8.69. The van der Waals surface area contributed by atoms with Crippen LogP contribution in [0.25, 0.3) is 0 Å². The Hall–Kier alpha value is -0.900. The summed E-state index contributed by atoms with van der Waals surface area (Å²) in [5, 5.41) is 11.7. The lowest BCUT2D eigenvalue weighted by molar-refractivity contribution is 0.239. The van der Waals surface area contributed by atoms with Gasteiger partial charge < -0.3 is 5.32 Å². The van der Waals surface area contributed by atoms with Gasteiger partial charge in [-0.05, 0) is 18.8 Å². The molecule has 4 nitrogen and oxygen atoms in total. The standard InChI is InChI=1S/C9H16N4/c1-7-3-8(4-7)10-5-9-6-11-13(2)12-9/h6-8,10H,3-5H2,1-2H3. The van der Waals surface area contributed by atoms with Gasteiger partial charge >= 0.3 is 0 Å². The lowest BCUT2D eigenvalue weighted by atomic mass is 9.82. The third-order valence-corrected chi connectivity index (χ3v) is 2.59. The van der Waals surface area contributed by atoms with Crippen molar-refractivity contribution < 1.29 is 0 Å². The number of aryl methyl sites for hydroxylation is 1. The number of nitrogens with zero attached hydrogens (tertiary/aromatic N) is 3. The fraction of sp³-hybridized carbons (Fsp3) is 0.778. The second kappa shape index (κ2) is 3.46. The first-order chi connectivity index (χ1) is 6.24. The van der Waals surface area contributed by atoms with Gasteiger partial charge in [0.15, 0.2) is 0 Å². The summed E-state index contributed by atoms with van der Waals surface area (Å²) in [6.07, 6.45) is 4.43. The third kappa shape index (κ3) is 2.06. The molecule has 1 fully saturated rings. The summed E-state index contributed by atoms with van der Waals surface area (Å²) in [5.74, 6) is 0.902. The zero-order valence-corrected chi connectivity index (χ0v) is 8.20. The predicted molar refractivity (Wildman–Crippen MR) is 50.0 cm³/mol. The SMILES string of the molecule is CC1CC(NCc2cnn(C)n2)C1. The summed E-state index contributed by atoms with van der Waals surface area (Å²) >= 11 is 0. The molecule has 0 atom stereocenters. The van der Waals surface area contributed by atoms with E-state index in [1.165, 1.54) is 12.8 Å². The van der Waals surface area contributed by atoms with Gasteiger partial charge in [-0.25, -0.2) is 0 Å². The molecule has 0 aliphatic heterocycles. The molecule has 1 heterocycles. The molecule has 0 spiro atoms. The first-order valence-electron chi connectivity index (χ1n) is 4.82. The van der Waals surface area contributed by atoms with Gasteiger partial charge in [-0.2, -0.15) is 15.0 Å². The number of rotatable bonds is 3. The molecule has 2 rings (SSSR count). The molecule has 0 amide bonds. The summed E-state index contributed by atoms with van der Waals surface area (Å²) in [4.78, 5) is 1.60. The monoisotopic (exact) mass is 180 g/mol. The Morgan fingerprint density at radius 1 is 1.62 bits per heavy atom. The molecule has 1 aliphatic rings. The number of aromatic nitrogens is 3. The van der Waals surface area contributed by atoms with Gasteiger partial charge in [-0.3, -0.25) is 0 Å². The molecule has 0 radical (unpaired) electrons. The van der Waals surface area contributed by atoms with E-state index in [1.54, 1.807) is 4.80 Å². The molecule has 0 saturated heterocycles. The van der Waals surface area contributed by atoms with E-state index in [1.807, 2.05) is 13.2 Å². The molecule has 1 N–H and O–H groups in total. The average molecular weight is 180 g/mol. The minimum absolute atomic E-state index is 0.706. The third-order valence-electron chi connectivity index (χ3n) is 2.59. The van der Waals surface area contributed by atoms with E-state index in [0.29, 0.717) is 6.04 Å². The highest BCUT2D eigenvalue weighted by molar-refractivity contribution is 4.92. The van der Waals surface area contributed by atoms with Gasteiger partial charge in [0, 0.05) is 19.6 Å². The van der Waals surface area contributed by atoms with Crippen molar-refractivity contribution in [1.29, 1.82) is 0 Å². The van der Waals surface area contributed by atoms with Crippen LogP contribution in [0.5, 0.6) is 0 Å². The van der Waals surface area contributed by atoms with Gasteiger partial charge in [0.05, 0.1) is 11.9 Å². The summed E-state index contributed by atoms with van der Waals surface area (Å²) in [7, 11) is 1.84. The lowest BCUT2D eigenvalue weighted by Gasteiger charge is -2.33. The molecule has 72 valence electrons. The summed E-state index contributed by atoms with van der Waals surface area (Å²) in [6.45, 7) is 3.14. The van der Waals surface area contributed by atoms with E-state index in [4.69, 9.17) is 0 Å². The highest BCUT2D eigenvalue weighted by atomic mass is 15.4. The zero-order valence-electron chi connectivity index (χ0n) is 8.20. The zero-order chi connectivity index (χ0) is 9.26. The minimum Gasteiger partial charge on any atom is -0.308 e. The molecular formula is C9H16N4. The molecule has 1 saturated carbocycles. The van der Waals surface area contributed by atoms with Gasteiger partial charge in [0.25, 0.3) is 0 Å². The lowest BCUT2D eigenvalue weighted by Crippen LogP contribution is -2.39. The molecule has 0 unspecified atom stereocenters. The van der Waals surface area contributed by atoms with Crippen LogP contribution < -0.4 is 5.32 Å². The van der Waals surface area contributed by atoms with Crippen LogP contribution in [0, 0.1) is 5.92 Å². The van der Waals surface area contributed by atoms with Crippen molar-refractivity contribution in [3.63, 3.8) is 0 Å². The first-order valence-corrected chi connectivity index (χ1v) is 4.82. The number of nitrogens with one attached hydrogen (secondary N) is 1. The van der Waals surface area contributed by atoms with Crippen LogP contribution in [-0.2, 0) is 13.6 Å². The second-order valence-corrected chi connectivity index (χ2v) is 3.98. The van der Waals surface area contributed by atoms with Gasteiger partial charge in [0.2, 0.25) is 0 Å². The average Bonchev–Trinajstić information content (AvgIpc) is 2.43. The van der Waals surface area contributed by atoms with Crippen molar-refractivity contribution in [2.24, 2.45) is 13.0 Å². The summed E-state index contributed by atoms with van der Waals surface area (Å²) in [6, 6.07) is 0.706. The van der Waals surface area contributed by atoms with E-state index < -0.39 is 0 Å². The Bertz CT molecular complexity index is 275. The molecule has 0 aromatic carbocycles. The molecular weight excluding hydrogens is 164 g/mol. The Kier molecular flexibility index (Phi) is 2.31. The molecule has 13 heavy (non-hydrogen) atoms. The second-order valence-electron chi connectivity index (χ2n) is 3.98. The van der Waals surface area contributed by atoms with Crippen LogP contribution in [-0.4, -0.2) is 21.0 Å². The molecule has 4 heteroatoms. The summed E-state index contributed by atoms with van der Waals surface area (Å²) < 4.78 is 0. The molecule has 0 bridgehead atoms. The fourth-order valence-corrected chi connectivity index (χ4v) is 1.79. The number of hydrogen-bond donors (Lipinski definition) is 1. The van der Waals surface area contributed by atoms with Crippen molar-refractivity contribution in [1.82, 2.24) is 20.3 Å². The van der Waals surface area contributed by atoms with Crippen LogP contribution >= 0.6 is 0 Å². The normalized spacial score (nSPS) is 27.2. The minimum atomic E-state index is 0.706. The highest BCUT2D eigenvalue weighted by Gasteiger charge is 2.24. The maximum Gasteiger partial charge on any atom is 0.0964 e. The van der Waals surface area contributed by atoms with Crippen LogP contribution in [0.4, 0.5) is 0 Å². The topological polar surface area (TPSA) is 42.7 Å². The van der Waals surface area contributed by atoms with Crippen molar-refractivity contribution in [3.05, 3.63) is 11.9 Å². The van der Waals surface area contributed by atoms with E-state index in [0.717, 1.165) is 18.2 Å². The van der Waals surface area contributed by atoms with E-state index >= 15 is 0 Å². The van der Waals surface area contributed by atoms with Crippen LogP contribution in [0.1, 0.15) is 25.5 Å². The van der Waals surface area contributed by atoms with Crippen molar-refractivity contribution in [2.45, 2.75) is 32.4 Å². The Labute approximate surface area is 78.3 Å². The molecule has 1 aliphatic carbocycles. The summed E-state index contributed by atoms with van der Waals surface area (Å²) in [5.41, 5.74) is 1.03. The van der Waals surface area contributed by atoms with Crippen molar-refractivity contribution >= 4 is 0 Å².